The lowest BCUT2D eigenvalue weighted by Crippen LogP contribution is -3.12. The molecule has 30 heavy (non-hydrogen) atoms. The second-order valence-electron chi connectivity index (χ2n) is 7.57. The molecule has 0 saturated carbocycles. The number of pyridine rings is 1. The van der Waals surface area contributed by atoms with E-state index in [0.717, 1.165) is 41.7 Å². The molecule has 2 heterocycles. The van der Waals surface area contributed by atoms with Crippen LogP contribution >= 0.6 is 0 Å². The Labute approximate surface area is 176 Å². The molecule has 6 nitrogen and oxygen atoms in total. The fraction of sp³-hybridized carbons (Fsp3) is 0.333. The van der Waals surface area contributed by atoms with Crippen LogP contribution in [0.15, 0.2) is 48.5 Å². The first kappa shape index (κ1) is 20.2. The molecule has 1 N–H and O–H groups in total. The van der Waals surface area contributed by atoms with Gasteiger partial charge in [-0.2, -0.15) is 0 Å². The van der Waals surface area contributed by atoms with Crippen molar-refractivity contribution in [2.75, 3.05) is 27.9 Å². The van der Waals surface area contributed by atoms with Gasteiger partial charge in [0.2, 0.25) is 0 Å². The molecular weight excluding hydrogens is 380 g/mol. The molecule has 1 aromatic heterocycles. The van der Waals surface area contributed by atoms with Gasteiger partial charge in [0.05, 0.1) is 39.1 Å². The number of para-hydroxylation sites is 1. The summed E-state index contributed by atoms with van der Waals surface area (Å²) in [5.74, 6) is 1.18. The number of hydrogen-bond donors (Lipinski definition) is 1. The third-order valence-corrected chi connectivity index (χ3v) is 5.89. The molecule has 1 aliphatic heterocycles. The van der Waals surface area contributed by atoms with Gasteiger partial charge < -0.3 is 19.1 Å². The Hall–Kier alpha value is -3.12. The van der Waals surface area contributed by atoms with Gasteiger partial charge in [-0.3, -0.25) is 4.79 Å². The number of esters is 1. The van der Waals surface area contributed by atoms with Crippen molar-refractivity contribution >= 4 is 16.9 Å². The summed E-state index contributed by atoms with van der Waals surface area (Å²) in [6.07, 6.45) is 1.21. The minimum Gasteiger partial charge on any atom is -0.493 e. The molecule has 0 amide bonds. The number of carbonyl (C=O) groups excluding carboxylic acids is 1. The Morgan fingerprint density at radius 2 is 1.83 bits per heavy atom. The number of hydrogen-bond acceptors (Lipinski definition) is 5. The van der Waals surface area contributed by atoms with Crippen molar-refractivity contribution in [3.8, 4) is 11.5 Å². The van der Waals surface area contributed by atoms with E-state index in [9.17, 15) is 4.79 Å². The predicted octanol–water partition coefficient (Wildman–Crippen LogP) is 2.50. The molecular formula is C24H27N2O4+. The van der Waals surface area contributed by atoms with E-state index in [0.29, 0.717) is 17.9 Å². The van der Waals surface area contributed by atoms with Crippen molar-refractivity contribution < 1.29 is 23.9 Å². The molecule has 0 saturated heterocycles. The number of nitrogens with one attached hydrogen (secondary N) is 1. The predicted molar refractivity (Wildman–Crippen MR) is 114 cm³/mol. The van der Waals surface area contributed by atoms with Crippen LogP contribution in [0.2, 0.25) is 0 Å². The molecule has 0 fully saturated rings. The third kappa shape index (κ3) is 3.96. The van der Waals surface area contributed by atoms with Crippen LogP contribution in [0.1, 0.15) is 29.3 Å². The summed E-state index contributed by atoms with van der Waals surface area (Å²) in [6.45, 7) is 1.64. The van der Waals surface area contributed by atoms with Crippen LogP contribution in [0.5, 0.6) is 11.5 Å². The molecule has 2 aromatic carbocycles. The molecule has 1 unspecified atom stereocenters. The number of carbonyl (C=O) groups is 1. The average Bonchev–Trinajstić information content (AvgIpc) is 2.79. The first-order valence-electron chi connectivity index (χ1n) is 10.1. The van der Waals surface area contributed by atoms with Crippen molar-refractivity contribution in [2.45, 2.75) is 25.4 Å². The van der Waals surface area contributed by atoms with Gasteiger partial charge in [-0.1, -0.05) is 24.3 Å². The summed E-state index contributed by atoms with van der Waals surface area (Å²) in [4.78, 5) is 18.4. The fourth-order valence-electron chi connectivity index (χ4n) is 4.32. The highest BCUT2D eigenvalue weighted by atomic mass is 16.5. The van der Waals surface area contributed by atoms with E-state index in [1.54, 1.807) is 14.2 Å². The second kappa shape index (κ2) is 8.71. The van der Waals surface area contributed by atoms with Crippen LogP contribution in [0.4, 0.5) is 0 Å². The summed E-state index contributed by atoms with van der Waals surface area (Å²) in [5, 5.41) is 1.13. The zero-order valence-corrected chi connectivity index (χ0v) is 17.6. The maximum absolute atomic E-state index is 12.2. The van der Waals surface area contributed by atoms with Crippen molar-refractivity contribution in [2.24, 2.45) is 0 Å². The lowest BCUT2D eigenvalue weighted by atomic mass is 9.89. The zero-order chi connectivity index (χ0) is 21.1. The summed E-state index contributed by atoms with van der Waals surface area (Å²) in [6, 6.07) is 16.3. The molecule has 1 aliphatic rings. The van der Waals surface area contributed by atoms with Gasteiger partial charge in [0.25, 0.3) is 0 Å². The van der Waals surface area contributed by atoms with Crippen LogP contribution in [0, 0.1) is 0 Å². The zero-order valence-electron chi connectivity index (χ0n) is 17.6. The highest BCUT2D eigenvalue weighted by Gasteiger charge is 2.34. The largest absolute Gasteiger partial charge is 0.493 e. The van der Waals surface area contributed by atoms with Crippen LogP contribution in [0.3, 0.4) is 0 Å². The molecule has 0 aliphatic carbocycles. The van der Waals surface area contributed by atoms with Gasteiger partial charge in [-0.15, -0.1) is 0 Å². The van der Waals surface area contributed by atoms with E-state index < -0.39 is 0 Å². The highest BCUT2D eigenvalue weighted by Crippen LogP contribution is 2.35. The van der Waals surface area contributed by atoms with Crippen molar-refractivity contribution in [1.29, 1.82) is 0 Å². The number of rotatable bonds is 6. The van der Waals surface area contributed by atoms with E-state index in [1.807, 2.05) is 30.3 Å². The highest BCUT2D eigenvalue weighted by molar-refractivity contribution is 5.78. The van der Waals surface area contributed by atoms with Gasteiger partial charge in [0, 0.05) is 17.4 Å². The standard InChI is InChI=1S/C24H26N2O4/c1-28-22-12-17-10-11-26(15-18-9-8-16-6-4-5-7-20(16)25-18)21(14-24(27)30-3)19(17)13-23(22)29-2/h4-9,12-13,21H,10-11,14-15H2,1-3H3/p+1/t21-/m1/s1. The molecule has 156 valence electrons. The Kier molecular flexibility index (Phi) is 5.86. The monoisotopic (exact) mass is 407 g/mol. The van der Waals surface area contributed by atoms with Crippen LogP contribution in [-0.2, 0) is 22.5 Å². The van der Waals surface area contributed by atoms with Gasteiger partial charge in [0.1, 0.15) is 19.0 Å². The normalized spacial score (nSPS) is 18.0. The lowest BCUT2D eigenvalue weighted by Gasteiger charge is -2.34. The number of nitrogens with zero attached hydrogens (tertiary/aromatic N) is 1. The second-order valence-corrected chi connectivity index (χ2v) is 7.57. The van der Waals surface area contributed by atoms with E-state index in [2.05, 4.69) is 18.2 Å². The van der Waals surface area contributed by atoms with Crippen molar-refractivity contribution in [1.82, 2.24) is 4.98 Å². The van der Waals surface area contributed by atoms with Crippen molar-refractivity contribution in [3.63, 3.8) is 0 Å². The van der Waals surface area contributed by atoms with E-state index >= 15 is 0 Å². The molecule has 4 rings (SSSR count). The van der Waals surface area contributed by atoms with Gasteiger partial charge in [0.15, 0.2) is 11.5 Å². The summed E-state index contributed by atoms with van der Waals surface area (Å²) in [7, 11) is 4.71. The molecule has 3 aromatic rings. The minimum atomic E-state index is -0.216. The topological polar surface area (TPSA) is 62.1 Å². The molecule has 6 heteroatoms. The quantitative estimate of drug-likeness (QED) is 0.636. The number of methoxy groups -OCH3 is 3. The van der Waals surface area contributed by atoms with Crippen LogP contribution in [-0.4, -0.2) is 38.8 Å². The number of ether oxygens (including phenoxy) is 3. The maximum atomic E-state index is 12.2. The molecule has 0 radical (unpaired) electrons. The Balaban J connectivity index is 1.69. The van der Waals surface area contributed by atoms with Gasteiger partial charge in [-0.05, 0) is 29.8 Å². The SMILES string of the molecule is COC(=O)C[C@@H]1c2cc(OC)c(OC)cc2CC[NH+]1Cc1ccc2ccccc2n1. The number of aromatic nitrogens is 1. The Bertz CT molecular complexity index is 1070. The third-order valence-electron chi connectivity index (χ3n) is 5.89. The fourth-order valence-corrected chi connectivity index (χ4v) is 4.32. The summed E-state index contributed by atoms with van der Waals surface area (Å²) < 4.78 is 16.0. The maximum Gasteiger partial charge on any atom is 0.311 e. The molecule has 2 atom stereocenters. The minimum absolute atomic E-state index is 0.0331. The first-order chi connectivity index (χ1) is 14.6. The summed E-state index contributed by atoms with van der Waals surface area (Å²) in [5.41, 5.74) is 4.31. The van der Waals surface area contributed by atoms with Crippen LogP contribution in [0.25, 0.3) is 10.9 Å². The van der Waals surface area contributed by atoms with Gasteiger partial charge in [-0.25, -0.2) is 4.98 Å². The number of benzene rings is 2. The molecule has 0 bridgehead atoms. The van der Waals surface area contributed by atoms with Crippen molar-refractivity contribution in [3.05, 3.63) is 65.4 Å². The Morgan fingerprint density at radius 1 is 1.07 bits per heavy atom. The lowest BCUT2D eigenvalue weighted by molar-refractivity contribution is -0.947. The van der Waals surface area contributed by atoms with Gasteiger partial charge >= 0.3 is 5.97 Å². The molecule has 0 spiro atoms. The first-order valence-corrected chi connectivity index (χ1v) is 10.1. The Morgan fingerprint density at radius 3 is 2.60 bits per heavy atom. The average molecular weight is 407 g/mol. The van der Waals surface area contributed by atoms with E-state index in [-0.39, 0.29) is 12.0 Å². The smallest absolute Gasteiger partial charge is 0.311 e. The number of quaternary nitrogens is 1. The van der Waals surface area contributed by atoms with E-state index in [1.165, 1.54) is 17.6 Å². The number of fused-ring (bicyclic) bond motifs is 2. The van der Waals surface area contributed by atoms with E-state index in [4.69, 9.17) is 19.2 Å². The van der Waals surface area contributed by atoms with Crippen LogP contribution < -0.4 is 14.4 Å². The summed E-state index contributed by atoms with van der Waals surface area (Å²) >= 11 is 0.